The summed E-state index contributed by atoms with van der Waals surface area (Å²) in [5.41, 5.74) is 2.02. The Morgan fingerprint density at radius 3 is 2.38 bits per heavy atom. The number of nitrogens with one attached hydrogen (secondary N) is 1. The number of ether oxygens (including phenoxy) is 3. The van der Waals surface area contributed by atoms with E-state index >= 15 is 0 Å². The Labute approximate surface area is 202 Å². The Morgan fingerprint density at radius 1 is 1.06 bits per heavy atom. The minimum Gasteiger partial charge on any atom is -0.493 e. The monoisotopic (exact) mass is 484 g/mol. The van der Waals surface area contributed by atoms with Gasteiger partial charge in [-0.25, -0.2) is 4.68 Å². The molecule has 0 saturated carbocycles. The third-order valence-corrected chi connectivity index (χ3v) is 5.83. The van der Waals surface area contributed by atoms with E-state index in [0.29, 0.717) is 33.8 Å². The van der Waals surface area contributed by atoms with Crippen molar-refractivity contribution in [3.05, 3.63) is 53.2 Å². The molecule has 0 bridgehead atoms. The minimum atomic E-state index is -0.547. The number of benzene rings is 2. The fourth-order valence-electron chi connectivity index (χ4n) is 3.98. The van der Waals surface area contributed by atoms with Gasteiger partial charge >= 0.3 is 0 Å². The molecule has 1 unspecified atom stereocenters. The molecule has 1 aliphatic rings. The quantitative estimate of drug-likeness (QED) is 0.547. The molecule has 3 aromatic rings. The van der Waals surface area contributed by atoms with Crippen molar-refractivity contribution in [1.82, 2.24) is 9.78 Å². The molecule has 10 heteroatoms. The highest BCUT2D eigenvalue weighted by Crippen LogP contribution is 2.42. The van der Waals surface area contributed by atoms with Crippen molar-refractivity contribution in [3.63, 3.8) is 0 Å². The molecule has 2 aromatic carbocycles. The van der Waals surface area contributed by atoms with Gasteiger partial charge in [-0.05, 0) is 25.1 Å². The lowest BCUT2D eigenvalue weighted by atomic mass is 10.1. The van der Waals surface area contributed by atoms with E-state index in [9.17, 15) is 9.59 Å². The largest absolute Gasteiger partial charge is 0.493 e. The zero-order chi connectivity index (χ0) is 24.4. The van der Waals surface area contributed by atoms with Gasteiger partial charge in [0.1, 0.15) is 5.82 Å². The van der Waals surface area contributed by atoms with E-state index in [0.717, 1.165) is 11.4 Å². The number of carbonyl (C=O) groups is 2. The molecule has 1 fully saturated rings. The van der Waals surface area contributed by atoms with Crippen LogP contribution in [0.3, 0.4) is 0 Å². The second-order valence-corrected chi connectivity index (χ2v) is 8.28. The molecule has 1 N–H and O–H groups in total. The Balaban J connectivity index is 1.55. The average Bonchev–Trinajstić information content (AvgIpc) is 3.40. The van der Waals surface area contributed by atoms with Gasteiger partial charge in [0.25, 0.3) is 0 Å². The van der Waals surface area contributed by atoms with Crippen molar-refractivity contribution < 1.29 is 23.8 Å². The third kappa shape index (κ3) is 4.51. The van der Waals surface area contributed by atoms with Gasteiger partial charge < -0.3 is 24.4 Å². The van der Waals surface area contributed by atoms with Crippen LogP contribution in [0, 0.1) is 12.8 Å². The second-order valence-electron chi connectivity index (χ2n) is 7.84. The van der Waals surface area contributed by atoms with Crippen molar-refractivity contribution in [2.45, 2.75) is 13.3 Å². The van der Waals surface area contributed by atoms with Crippen molar-refractivity contribution in [1.29, 1.82) is 0 Å². The van der Waals surface area contributed by atoms with Crippen molar-refractivity contribution in [2.75, 3.05) is 38.1 Å². The van der Waals surface area contributed by atoms with E-state index in [-0.39, 0.29) is 24.8 Å². The smallest absolute Gasteiger partial charge is 0.230 e. The molecule has 0 aliphatic carbocycles. The zero-order valence-corrected chi connectivity index (χ0v) is 20.0. The van der Waals surface area contributed by atoms with Gasteiger partial charge in [0.05, 0.1) is 44.3 Å². The fourth-order valence-corrected chi connectivity index (χ4v) is 4.16. The predicted molar refractivity (Wildman–Crippen MR) is 128 cm³/mol. The van der Waals surface area contributed by atoms with Crippen LogP contribution in [-0.4, -0.2) is 49.5 Å². The van der Waals surface area contributed by atoms with E-state index in [2.05, 4.69) is 10.4 Å². The number of nitrogens with zero attached hydrogens (tertiary/aromatic N) is 3. The maximum atomic E-state index is 13.1. The third-order valence-electron chi connectivity index (χ3n) is 5.59. The summed E-state index contributed by atoms with van der Waals surface area (Å²) in [5.74, 6) is 0.801. The highest BCUT2D eigenvalue weighted by Gasteiger charge is 2.36. The Kier molecular flexibility index (Phi) is 6.65. The summed E-state index contributed by atoms with van der Waals surface area (Å²) in [4.78, 5) is 27.5. The molecule has 34 heavy (non-hydrogen) atoms. The van der Waals surface area contributed by atoms with Crippen molar-refractivity contribution in [3.8, 4) is 22.9 Å². The van der Waals surface area contributed by atoms with E-state index in [1.54, 1.807) is 39.9 Å². The molecule has 0 spiro atoms. The number of anilines is 2. The van der Waals surface area contributed by atoms with Crippen LogP contribution in [0.5, 0.6) is 17.2 Å². The first kappa shape index (κ1) is 23.4. The number of aromatic nitrogens is 2. The molecule has 1 aromatic heterocycles. The van der Waals surface area contributed by atoms with E-state index in [4.69, 9.17) is 25.8 Å². The van der Waals surface area contributed by atoms with E-state index < -0.39 is 5.92 Å². The summed E-state index contributed by atoms with van der Waals surface area (Å²) in [5, 5.41) is 7.94. The number of amides is 2. The zero-order valence-electron chi connectivity index (χ0n) is 19.3. The number of rotatable bonds is 7. The van der Waals surface area contributed by atoms with Crippen LogP contribution in [0.25, 0.3) is 5.69 Å². The minimum absolute atomic E-state index is 0.0762. The first-order valence-corrected chi connectivity index (χ1v) is 11.0. The highest BCUT2D eigenvalue weighted by atomic mass is 35.5. The number of halogens is 1. The van der Waals surface area contributed by atoms with Gasteiger partial charge in [-0.15, -0.1) is 0 Å². The number of carbonyl (C=O) groups excluding carboxylic acids is 2. The van der Waals surface area contributed by atoms with Crippen LogP contribution in [0.1, 0.15) is 12.1 Å². The SMILES string of the molecule is COc1cc(N2CC(C(=O)Nc3cc(C)nn3-c3cccc(Cl)c3)CC2=O)cc(OC)c1OC. The van der Waals surface area contributed by atoms with Crippen molar-refractivity contribution in [2.24, 2.45) is 5.92 Å². The molecule has 2 heterocycles. The molecule has 4 rings (SSSR count). The van der Waals surface area contributed by atoms with Crippen LogP contribution in [0.4, 0.5) is 11.5 Å². The van der Waals surface area contributed by atoms with E-state index in [1.165, 1.54) is 21.3 Å². The van der Waals surface area contributed by atoms with Gasteiger partial charge in [-0.1, -0.05) is 17.7 Å². The van der Waals surface area contributed by atoms with Gasteiger partial charge in [0.2, 0.25) is 17.6 Å². The van der Waals surface area contributed by atoms with Crippen LogP contribution < -0.4 is 24.4 Å². The first-order chi connectivity index (χ1) is 16.3. The molecule has 2 amide bonds. The van der Waals surface area contributed by atoms with Gasteiger partial charge in [-0.3, -0.25) is 9.59 Å². The van der Waals surface area contributed by atoms with Crippen LogP contribution in [0.15, 0.2) is 42.5 Å². The van der Waals surface area contributed by atoms with Gasteiger partial charge in [-0.2, -0.15) is 5.10 Å². The number of hydrogen-bond acceptors (Lipinski definition) is 6. The molecular weight excluding hydrogens is 460 g/mol. The highest BCUT2D eigenvalue weighted by molar-refractivity contribution is 6.30. The predicted octanol–water partition coefficient (Wildman–Crippen LogP) is 3.85. The topological polar surface area (TPSA) is 94.9 Å². The summed E-state index contributed by atoms with van der Waals surface area (Å²) in [6.07, 6.45) is 0.0762. The lowest BCUT2D eigenvalue weighted by molar-refractivity contribution is -0.122. The fraction of sp³-hybridized carbons (Fsp3) is 0.292. The maximum Gasteiger partial charge on any atom is 0.230 e. The van der Waals surface area contributed by atoms with Crippen molar-refractivity contribution >= 4 is 34.9 Å². The standard InChI is InChI=1S/C24H25ClN4O5/c1-14-8-21(29(27-14)17-7-5-6-16(25)10-17)26-24(31)15-9-22(30)28(13-15)18-11-19(32-2)23(34-4)20(12-18)33-3/h5-8,10-12,15H,9,13H2,1-4H3,(H,26,31). The summed E-state index contributed by atoms with van der Waals surface area (Å²) < 4.78 is 17.8. The lowest BCUT2D eigenvalue weighted by Crippen LogP contribution is -2.28. The molecule has 9 nitrogen and oxygen atoms in total. The summed E-state index contributed by atoms with van der Waals surface area (Å²) >= 11 is 6.12. The Morgan fingerprint density at radius 2 is 1.76 bits per heavy atom. The Hall–Kier alpha value is -3.72. The number of hydrogen-bond donors (Lipinski definition) is 1. The van der Waals surface area contributed by atoms with Crippen LogP contribution in [0.2, 0.25) is 5.02 Å². The van der Waals surface area contributed by atoms with Crippen LogP contribution >= 0.6 is 11.6 Å². The summed E-state index contributed by atoms with van der Waals surface area (Å²) in [7, 11) is 4.53. The summed E-state index contributed by atoms with van der Waals surface area (Å²) in [6, 6.07) is 12.3. The summed E-state index contributed by atoms with van der Waals surface area (Å²) in [6.45, 7) is 2.05. The molecular formula is C24H25ClN4O5. The molecule has 1 atom stereocenters. The van der Waals surface area contributed by atoms with Gasteiger partial charge in [0.15, 0.2) is 11.5 Å². The molecule has 178 valence electrons. The average molecular weight is 485 g/mol. The van der Waals surface area contributed by atoms with E-state index in [1.807, 2.05) is 19.1 Å². The first-order valence-electron chi connectivity index (χ1n) is 10.6. The lowest BCUT2D eigenvalue weighted by Gasteiger charge is -2.20. The van der Waals surface area contributed by atoms with Gasteiger partial charge in [0, 0.05) is 36.2 Å². The molecule has 1 aliphatic heterocycles. The van der Waals surface area contributed by atoms with Crippen LogP contribution in [-0.2, 0) is 9.59 Å². The number of methoxy groups -OCH3 is 3. The molecule has 1 saturated heterocycles. The normalized spacial score (nSPS) is 15.4. The number of aryl methyl sites for hydroxylation is 1. The maximum absolute atomic E-state index is 13.1. The second kappa shape index (κ2) is 9.64. The Bertz CT molecular complexity index is 1220. The molecule has 0 radical (unpaired) electrons.